The van der Waals surface area contributed by atoms with Crippen LogP contribution in [0.3, 0.4) is 0 Å². The first-order valence-electron chi connectivity index (χ1n) is 3.66. The van der Waals surface area contributed by atoms with Crippen LogP contribution in [-0.2, 0) is 52.9 Å². The van der Waals surface area contributed by atoms with E-state index < -0.39 is 0 Å². The van der Waals surface area contributed by atoms with E-state index in [0.29, 0.717) is 21.7 Å². The van der Waals surface area contributed by atoms with Gasteiger partial charge in [0.2, 0.25) is 0 Å². The van der Waals surface area contributed by atoms with E-state index >= 15 is 0 Å². The topological polar surface area (TPSA) is 24.1 Å². The predicted molar refractivity (Wildman–Crippen MR) is 76.3 cm³/mol. The summed E-state index contributed by atoms with van der Waals surface area (Å²) in [6.07, 6.45) is 3.41. The van der Waals surface area contributed by atoms with Gasteiger partial charge in [-0.15, -0.1) is 13.2 Å². The Morgan fingerprint density at radius 2 is 1.27 bits per heavy atom. The Labute approximate surface area is 134 Å². The first-order chi connectivity index (χ1) is 6.54. The zero-order valence-corrected chi connectivity index (χ0v) is 17.1. The second-order valence-corrected chi connectivity index (χ2v) is 4.06. The molecule has 0 bridgehead atoms. The molecule has 0 aliphatic rings. The molecule has 0 radical (unpaired) electrons. The maximum Gasteiger partial charge on any atom is 2.00 e. The summed E-state index contributed by atoms with van der Waals surface area (Å²) in [5.41, 5.74) is 0. The molecule has 0 spiro atoms. The molecule has 0 fully saturated rings. The monoisotopic (exact) mass is 466 g/mol. The van der Waals surface area contributed by atoms with Crippen LogP contribution in [-0.4, -0.2) is 21.7 Å². The molecule has 0 aromatic rings. The average molecular weight is 465 g/mol. The summed E-state index contributed by atoms with van der Waals surface area (Å²) >= 11 is 18.1. The van der Waals surface area contributed by atoms with E-state index in [1.54, 1.807) is 12.2 Å². The molecule has 2 nitrogen and oxygen atoms in total. The SMILES string of the molecule is C=CCNC(=S)[S-].C=CCNC(=S)[S-].[Hg+2]. The van der Waals surface area contributed by atoms with Gasteiger partial charge in [-0.3, -0.25) is 0 Å². The van der Waals surface area contributed by atoms with Crippen LogP contribution in [0, 0.1) is 0 Å². The van der Waals surface area contributed by atoms with Crippen LogP contribution in [0.4, 0.5) is 0 Å². The summed E-state index contributed by atoms with van der Waals surface area (Å²) in [6, 6.07) is 0. The molecule has 0 saturated carbocycles. The molecule has 0 amide bonds. The minimum atomic E-state index is 0. The van der Waals surface area contributed by atoms with E-state index in [9.17, 15) is 0 Å². The molecule has 80 valence electrons. The van der Waals surface area contributed by atoms with E-state index in [0.717, 1.165) is 0 Å². The zero-order valence-electron chi connectivity index (χ0n) is 8.32. The molecule has 7 heteroatoms. The van der Waals surface area contributed by atoms with Gasteiger partial charge < -0.3 is 60.3 Å². The fourth-order valence-electron chi connectivity index (χ4n) is 0.311. The smallest absolute Gasteiger partial charge is 0.412 e. The predicted octanol–water partition coefficient (Wildman–Crippen LogP) is 1.19. The van der Waals surface area contributed by atoms with E-state index in [-0.39, 0.29) is 27.7 Å². The summed E-state index contributed by atoms with van der Waals surface area (Å²) < 4.78 is 0.805. The van der Waals surface area contributed by atoms with Crippen molar-refractivity contribution in [1.82, 2.24) is 10.6 Å². The number of thiocarbonyl (C=S) groups is 2. The Hall–Kier alpha value is 0.635. The van der Waals surface area contributed by atoms with Crippen molar-refractivity contribution in [2.24, 2.45) is 0 Å². The first kappa shape index (κ1) is 21.0. The third-order valence-electron chi connectivity index (χ3n) is 0.781. The quantitative estimate of drug-likeness (QED) is 0.280. The Kier molecular flexibility index (Phi) is 23.8. The van der Waals surface area contributed by atoms with Crippen molar-refractivity contribution in [2.45, 2.75) is 0 Å². The van der Waals surface area contributed by atoms with Crippen molar-refractivity contribution >= 4 is 58.3 Å². The van der Waals surface area contributed by atoms with E-state index in [4.69, 9.17) is 0 Å². The molecular weight excluding hydrogens is 453 g/mol. The van der Waals surface area contributed by atoms with Gasteiger partial charge >= 0.3 is 27.7 Å². The second-order valence-electron chi connectivity index (χ2n) is 1.91. The fourth-order valence-corrected chi connectivity index (χ4v) is 0.644. The van der Waals surface area contributed by atoms with E-state index in [2.05, 4.69) is 73.5 Å². The van der Waals surface area contributed by atoms with Gasteiger partial charge in [0.15, 0.2) is 0 Å². The molecule has 0 aliphatic carbocycles. The Bertz CT molecular complexity index is 187. The molecule has 0 rings (SSSR count). The Morgan fingerprint density at radius 3 is 1.33 bits per heavy atom. The van der Waals surface area contributed by atoms with Crippen molar-refractivity contribution in [3.63, 3.8) is 0 Å². The molecule has 0 atom stereocenters. The van der Waals surface area contributed by atoms with E-state index in [1.165, 1.54) is 0 Å². The standard InChI is InChI=1S/2C4H7NS2.Hg/c2*1-2-3-5-4(6)7;/h2*2H,1,3H2,(H2,5,6,7);/q;;+2/p-2. The summed E-state index contributed by atoms with van der Waals surface area (Å²) in [7, 11) is 0. The number of nitrogens with one attached hydrogen (secondary N) is 2. The van der Waals surface area contributed by atoms with Gasteiger partial charge in [0, 0.05) is 13.1 Å². The van der Waals surface area contributed by atoms with Crippen molar-refractivity contribution < 1.29 is 27.7 Å². The molecular formula is C8H12HgN2S4. The summed E-state index contributed by atoms with van der Waals surface area (Å²) in [4.78, 5) is 0. The van der Waals surface area contributed by atoms with Gasteiger partial charge in [-0.1, -0.05) is 20.8 Å². The van der Waals surface area contributed by atoms with E-state index in [1.807, 2.05) is 0 Å². The summed E-state index contributed by atoms with van der Waals surface area (Å²) in [6.45, 7) is 8.27. The molecule has 15 heavy (non-hydrogen) atoms. The molecule has 0 saturated heterocycles. The van der Waals surface area contributed by atoms with Crippen molar-refractivity contribution in [2.75, 3.05) is 13.1 Å². The van der Waals surface area contributed by atoms with Crippen molar-refractivity contribution in [3.05, 3.63) is 25.3 Å². The van der Waals surface area contributed by atoms with Gasteiger partial charge in [-0.25, -0.2) is 0 Å². The van der Waals surface area contributed by atoms with Crippen LogP contribution < -0.4 is 10.6 Å². The number of hydrogen-bond donors (Lipinski definition) is 2. The molecule has 0 unspecified atom stereocenters. The van der Waals surface area contributed by atoms with Crippen molar-refractivity contribution in [1.29, 1.82) is 0 Å². The molecule has 0 aromatic heterocycles. The number of rotatable bonds is 4. The molecule has 0 aromatic carbocycles. The molecule has 0 heterocycles. The molecule has 0 aliphatic heterocycles. The van der Waals surface area contributed by atoms with Gasteiger partial charge in [0.1, 0.15) is 0 Å². The second kappa shape index (κ2) is 17.0. The van der Waals surface area contributed by atoms with Gasteiger partial charge in [0.25, 0.3) is 0 Å². The van der Waals surface area contributed by atoms with Crippen LogP contribution >= 0.6 is 24.4 Å². The largest absolute Gasteiger partial charge is 2.00 e. The van der Waals surface area contributed by atoms with Gasteiger partial charge in [-0.2, -0.15) is 0 Å². The first-order valence-corrected chi connectivity index (χ1v) is 5.29. The normalized spacial score (nSPS) is 6.93. The maximum absolute atomic E-state index is 4.52. The average Bonchev–Trinajstić information content (AvgIpc) is 2.12. The van der Waals surface area contributed by atoms with Gasteiger partial charge in [-0.05, 0) is 0 Å². The Morgan fingerprint density at radius 1 is 1.00 bits per heavy atom. The van der Waals surface area contributed by atoms with Crippen LogP contribution in [0.25, 0.3) is 0 Å². The van der Waals surface area contributed by atoms with Crippen molar-refractivity contribution in [3.8, 4) is 0 Å². The fraction of sp³-hybridized carbons (Fsp3) is 0.250. The summed E-state index contributed by atoms with van der Waals surface area (Å²) in [5, 5.41) is 5.45. The van der Waals surface area contributed by atoms with Crippen LogP contribution in [0.1, 0.15) is 0 Å². The van der Waals surface area contributed by atoms with Crippen LogP contribution in [0.5, 0.6) is 0 Å². The maximum atomic E-state index is 4.52. The third kappa shape index (κ3) is 31.3. The summed E-state index contributed by atoms with van der Waals surface area (Å²) in [5.74, 6) is 0. The van der Waals surface area contributed by atoms with Crippen LogP contribution in [0.2, 0.25) is 0 Å². The minimum Gasteiger partial charge on any atom is -0.412 e. The van der Waals surface area contributed by atoms with Crippen LogP contribution in [0.15, 0.2) is 25.3 Å². The minimum absolute atomic E-state index is 0. The molecule has 2 N–H and O–H groups in total. The number of hydrogen-bond acceptors (Lipinski definition) is 4. The zero-order chi connectivity index (χ0) is 11.4. The van der Waals surface area contributed by atoms with Gasteiger partial charge in [0.05, 0.1) is 0 Å². The third-order valence-corrected chi connectivity index (χ3v) is 1.36. The Balaban J connectivity index is -0.000000180.